The molecule has 7 nitrogen and oxygen atoms in total. The van der Waals surface area contributed by atoms with Gasteiger partial charge >= 0.3 is 0 Å². The molecule has 0 radical (unpaired) electrons. The van der Waals surface area contributed by atoms with Crippen molar-refractivity contribution in [3.63, 3.8) is 0 Å². The lowest BCUT2D eigenvalue weighted by Crippen LogP contribution is -2.40. The number of hydrogen-bond acceptors (Lipinski definition) is 5. The summed E-state index contributed by atoms with van der Waals surface area (Å²) in [4.78, 5) is 18.9. The van der Waals surface area contributed by atoms with E-state index in [1.165, 1.54) is 0 Å². The predicted molar refractivity (Wildman–Crippen MR) is 109 cm³/mol. The molecule has 0 saturated carbocycles. The third kappa shape index (κ3) is 3.63. The van der Waals surface area contributed by atoms with Gasteiger partial charge in [0.1, 0.15) is 0 Å². The van der Waals surface area contributed by atoms with Crippen LogP contribution >= 0.6 is 24.8 Å². The summed E-state index contributed by atoms with van der Waals surface area (Å²) >= 11 is 0. The fraction of sp³-hybridized carbons (Fsp3) is 0.333. The molecule has 1 amide bonds. The lowest BCUT2D eigenvalue weighted by atomic mass is 10.1. The van der Waals surface area contributed by atoms with Crippen molar-refractivity contribution in [2.75, 3.05) is 13.1 Å². The monoisotopic (exact) mass is 408 g/mol. The fourth-order valence-corrected chi connectivity index (χ4v) is 3.53. The Kier molecular flexibility index (Phi) is 6.75. The van der Waals surface area contributed by atoms with Crippen LogP contribution in [0.1, 0.15) is 29.0 Å². The van der Waals surface area contributed by atoms with E-state index in [9.17, 15) is 4.79 Å². The van der Waals surface area contributed by atoms with Crippen LogP contribution < -0.4 is 5.73 Å². The van der Waals surface area contributed by atoms with E-state index in [2.05, 4.69) is 15.3 Å². The van der Waals surface area contributed by atoms with Gasteiger partial charge in [-0.2, -0.15) is 0 Å². The molecule has 3 heterocycles. The highest BCUT2D eigenvalue weighted by Crippen LogP contribution is 2.24. The molecule has 0 aliphatic carbocycles. The van der Waals surface area contributed by atoms with Crippen LogP contribution in [0, 0.1) is 6.92 Å². The van der Waals surface area contributed by atoms with Crippen molar-refractivity contribution in [3.8, 4) is 5.69 Å². The van der Waals surface area contributed by atoms with Gasteiger partial charge in [-0.15, -0.1) is 29.9 Å². The number of hydrogen-bond donors (Lipinski definition) is 1. The van der Waals surface area contributed by atoms with Crippen molar-refractivity contribution in [2.45, 2.75) is 25.8 Å². The number of likely N-dealkylation sites (tertiary alicyclic amines) is 1. The predicted octanol–water partition coefficient (Wildman–Crippen LogP) is 2.53. The van der Waals surface area contributed by atoms with Crippen molar-refractivity contribution < 1.29 is 4.79 Å². The minimum atomic E-state index is -0.0846. The van der Waals surface area contributed by atoms with E-state index in [4.69, 9.17) is 5.73 Å². The Bertz CT molecular complexity index is 939. The molecule has 9 heteroatoms. The molecule has 0 bridgehead atoms. The maximum Gasteiger partial charge on any atom is 0.276 e. The van der Waals surface area contributed by atoms with Gasteiger partial charge in [0.15, 0.2) is 5.69 Å². The highest BCUT2D eigenvalue weighted by Gasteiger charge is 2.31. The second kappa shape index (κ2) is 8.65. The molecule has 1 saturated heterocycles. The number of fused-ring (bicyclic) bond motifs is 1. The number of halogens is 2. The summed E-state index contributed by atoms with van der Waals surface area (Å²) in [5.74, 6) is -0.0846. The number of rotatable bonds is 3. The van der Waals surface area contributed by atoms with Gasteiger partial charge in [0.25, 0.3) is 5.91 Å². The molecular formula is C18H22Cl2N6O. The smallest absolute Gasteiger partial charge is 0.276 e. The first-order valence-corrected chi connectivity index (χ1v) is 8.47. The van der Waals surface area contributed by atoms with E-state index in [0.717, 1.165) is 41.5 Å². The third-order valence-corrected chi connectivity index (χ3v) is 4.89. The number of carbonyl (C=O) groups is 1. The van der Waals surface area contributed by atoms with Crippen molar-refractivity contribution in [1.29, 1.82) is 0 Å². The molecule has 2 aromatic heterocycles. The number of benzene rings is 1. The number of pyridine rings is 1. The second-order valence-corrected chi connectivity index (χ2v) is 6.34. The lowest BCUT2D eigenvalue weighted by molar-refractivity contribution is 0.0734. The van der Waals surface area contributed by atoms with Crippen molar-refractivity contribution >= 4 is 41.5 Å². The molecule has 1 fully saturated rings. The molecule has 1 aliphatic rings. The Morgan fingerprint density at radius 1 is 1.30 bits per heavy atom. The highest BCUT2D eigenvalue weighted by atomic mass is 35.5. The summed E-state index contributed by atoms with van der Waals surface area (Å²) in [5, 5.41) is 10.5. The SMILES string of the molecule is Cc1c(C(=O)N2CCCC2CN)nnn1-c1cccc2cnccc12.Cl.Cl. The first kappa shape index (κ1) is 21.1. The summed E-state index contributed by atoms with van der Waals surface area (Å²) < 4.78 is 1.73. The van der Waals surface area contributed by atoms with Gasteiger partial charge in [0, 0.05) is 42.3 Å². The molecule has 4 rings (SSSR count). The standard InChI is InChI=1S/C18H20N6O.2ClH/c1-12-17(18(25)23-9-3-5-14(23)10-19)21-22-24(12)16-6-2-4-13-11-20-8-7-15(13)16;;/h2,4,6-8,11,14H,3,5,9-10,19H2,1H3;2*1H. The summed E-state index contributed by atoms with van der Waals surface area (Å²) in [6.45, 7) is 3.09. The highest BCUT2D eigenvalue weighted by molar-refractivity contribution is 5.94. The zero-order valence-corrected chi connectivity index (χ0v) is 16.5. The molecule has 1 atom stereocenters. The van der Waals surface area contributed by atoms with Gasteiger partial charge in [-0.1, -0.05) is 17.3 Å². The van der Waals surface area contributed by atoms with Gasteiger partial charge < -0.3 is 10.6 Å². The molecule has 144 valence electrons. The first-order chi connectivity index (χ1) is 12.2. The molecule has 2 N–H and O–H groups in total. The topological polar surface area (TPSA) is 89.9 Å². The second-order valence-electron chi connectivity index (χ2n) is 6.34. The van der Waals surface area contributed by atoms with E-state index in [-0.39, 0.29) is 36.8 Å². The summed E-state index contributed by atoms with van der Waals surface area (Å²) in [7, 11) is 0. The van der Waals surface area contributed by atoms with Crippen LogP contribution in [0.25, 0.3) is 16.5 Å². The van der Waals surface area contributed by atoms with Gasteiger partial charge in [0.05, 0.1) is 11.4 Å². The van der Waals surface area contributed by atoms with Gasteiger partial charge in [0.2, 0.25) is 0 Å². The molecule has 1 aliphatic heterocycles. The first-order valence-electron chi connectivity index (χ1n) is 8.47. The average molecular weight is 409 g/mol. The Morgan fingerprint density at radius 2 is 2.11 bits per heavy atom. The number of aromatic nitrogens is 4. The summed E-state index contributed by atoms with van der Waals surface area (Å²) in [5.41, 5.74) is 7.81. The van der Waals surface area contributed by atoms with Crippen LogP contribution in [0.5, 0.6) is 0 Å². The van der Waals surface area contributed by atoms with Crippen LogP contribution in [-0.4, -0.2) is 49.9 Å². The van der Waals surface area contributed by atoms with Crippen LogP contribution in [0.3, 0.4) is 0 Å². The van der Waals surface area contributed by atoms with Crippen molar-refractivity contribution in [3.05, 3.63) is 48.0 Å². The van der Waals surface area contributed by atoms with E-state index < -0.39 is 0 Å². The quantitative estimate of drug-likeness (QED) is 0.718. The zero-order valence-electron chi connectivity index (χ0n) is 14.9. The van der Waals surface area contributed by atoms with E-state index in [1.807, 2.05) is 42.3 Å². The molecule has 27 heavy (non-hydrogen) atoms. The lowest BCUT2D eigenvalue weighted by Gasteiger charge is -2.22. The molecule has 1 unspecified atom stereocenters. The van der Waals surface area contributed by atoms with Gasteiger partial charge in [-0.3, -0.25) is 9.78 Å². The Hall–Kier alpha value is -2.22. The third-order valence-electron chi connectivity index (χ3n) is 4.89. The Labute approximate surface area is 169 Å². The average Bonchev–Trinajstić information content (AvgIpc) is 3.27. The number of nitrogens with two attached hydrogens (primary N) is 1. The fourth-order valence-electron chi connectivity index (χ4n) is 3.53. The van der Waals surface area contributed by atoms with Crippen LogP contribution in [-0.2, 0) is 0 Å². The minimum Gasteiger partial charge on any atom is -0.333 e. The Morgan fingerprint density at radius 3 is 2.89 bits per heavy atom. The molecule has 0 spiro atoms. The van der Waals surface area contributed by atoms with E-state index >= 15 is 0 Å². The summed E-state index contributed by atoms with van der Waals surface area (Å²) in [6, 6.07) is 7.96. The van der Waals surface area contributed by atoms with Crippen LogP contribution in [0.2, 0.25) is 0 Å². The van der Waals surface area contributed by atoms with Gasteiger partial charge in [-0.05, 0) is 31.9 Å². The largest absolute Gasteiger partial charge is 0.333 e. The molecule has 3 aromatic rings. The Balaban J connectivity index is 0.00000131. The molecular weight excluding hydrogens is 387 g/mol. The number of amides is 1. The number of nitrogens with zero attached hydrogens (tertiary/aromatic N) is 5. The van der Waals surface area contributed by atoms with Gasteiger partial charge in [-0.25, -0.2) is 4.68 Å². The van der Waals surface area contributed by atoms with Crippen LogP contribution in [0.15, 0.2) is 36.7 Å². The van der Waals surface area contributed by atoms with Crippen LogP contribution in [0.4, 0.5) is 0 Å². The van der Waals surface area contributed by atoms with E-state index in [1.54, 1.807) is 10.9 Å². The van der Waals surface area contributed by atoms with Crippen molar-refractivity contribution in [2.24, 2.45) is 5.73 Å². The maximum absolute atomic E-state index is 12.9. The molecule has 1 aromatic carbocycles. The van der Waals surface area contributed by atoms with Crippen molar-refractivity contribution in [1.82, 2.24) is 24.9 Å². The zero-order chi connectivity index (χ0) is 17.4. The minimum absolute atomic E-state index is 0. The summed E-state index contributed by atoms with van der Waals surface area (Å²) in [6.07, 6.45) is 5.50. The normalized spacial score (nSPS) is 16.1. The maximum atomic E-state index is 12.9. The van der Waals surface area contributed by atoms with E-state index in [0.29, 0.717) is 12.2 Å². The number of carbonyl (C=O) groups excluding carboxylic acids is 1.